The van der Waals surface area contributed by atoms with Crippen LogP contribution in [0.5, 0.6) is 5.75 Å². The summed E-state index contributed by atoms with van der Waals surface area (Å²) in [4.78, 5) is 9.96. The number of rotatable bonds is 6. The predicted molar refractivity (Wildman–Crippen MR) is 70.3 cm³/mol. The maximum absolute atomic E-state index is 11.0. The van der Waals surface area contributed by atoms with Crippen molar-refractivity contribution in [2.75, 3.05) is 12.4 Å². The molecule has 0 heterocycles. The summed E-state index contributed by atoms with van der Waals surface area (Å²) in [6.07, 6.45) is 0. The molecule has 0 radical (unpaired) electrons. The second kappa shape index (κ2) is 5.54. The summed E-state index contributed by atoms with van der Waals surface area (Å²) in [6.45, 7) is 3.56. The molecule has 0 unspecified atom stereocenters. The molecule has 0 aliphatic carbocycles. The van der Waals surface area contributed by atoms with E-state index in [2.05, 4.69) is 0 Å². The number of hydrogen-bond acceptors (Lipinski definition) is 5. The Labute approximate surface area is 111 Å². The first-order valence-electron chi connectivity index (χ1n) is 5.47. The lowest BCUT2D eigenvalue weighted by Crippen LogP contribution is -2.33. The van der Waals surface area contributed by atoms with Crippen LogP contribution in [-0.2, 0) is 10.0 Å². The molecule has 106 valence electrons. The van der Waals surface area contributed by atoms with Crippen molar-refractivity contribution in [3.05, 3.63) is 34.4 Å². The van der Waals surface area contributed by atoms with E-state index in [0.29, 0.717) is 5.75 Å². The van der Waals surface area contributed by atoms with E-state index in [1.165, 1.54) is 24.3 Å². The summed E-state index contributed by atoms with van der Waals surface area (Å²) in [7, 11) is -3.57. The lowest BCUT2D eigenvalue weighted by Gasteiger charge is -2.23. The van der Waals surface area contributed by atoms with Gasteiger partial charge in [0.05, 0.1) is 17.3 Å². The van der Waals surface area contributed by atoms with E-state index in [-0.39, 0.29) is 18.0 Å². The lowest BCUT2D eigenvalue weighted by molar-refractivity contribution is -0.384. The number of ether oxygens (including phenoxy) is 1. The summed E-state index contributed by atoms with van der Waals surface area (Å²) in [5.74, 6) is 0.237. The van der Waals surface area contributed by atoms with E-state index in [1.54, 1.807) is 13.8 Å². The fourth-order valence-electron chi connectivity index (χ4n) is 1.53. The number of non-ortho nitro benzene ring substituents is 1. The first-order valence-corrected chi connectivity index (χ1v) is 7.18. The molecular weight excluding hydrogens is 272 g/mol. The van der Waals surface area contributed by atoms with Crippen LogP contribution in [0.1, 0.15) is 13.8 Å². The van der Waals surface area contributed by atoms with Crippen LogP contribution in [0, 0.1) is 15.5 Å². The Morgan fingerprint density at radius 2 is 1.84 bits per heavy atom. The number of hydrogen-bond donors (Lipinski definition) is 1. The molecule has 0 bridgehead atoms. The van der Waals surface area contributed by atoms with Gasteiger partial charge in [-0.2, -0.15) is 0 Å². The van der Waals surface area contributed by atoms with Gasteiger partial charge in [-0.25, -0.2) is 13.6 Å². The van der Waals surface area contributed by atoms with E-state index in [9.17, 15) is 18.5 Å². The number of nitro benzene ring substituents is 1. The highest BCUT2D eigenvalue weighted by Gasteiger charge is 2.25. The molecule has 8 heteroatoms. The van der Waals surface area contributed by atoms with Crippen LogP contribution in [0.25, 0.3) is 0 Å². The monoisotopic (exact) mass is 288 g/mol. The Balaban J connectivity index is 2.64. The average molecular weight is 288 g/mol. The second-order valence-corrected chi connectivity index (χ2v) is 6.63. The van der Waals surface area contributed by atoms with E-state index < -0.39 is 20.4 Å². The predicted octanol–water partition coefficient (Wildman–Crippen LogP) is 1.29. The van der Waals surface area contributed by atoms with Gasteiger partial charge >= 0.3 is 0 Å². The van der Waals surface area contributed by atoms with Crippen molar-refractivity contribution in [3.8, 4) is 5.75 Å². The Morgan fingerprint density at radius 3 is 2.26 bits per heavy atom. The molecule has 7 nitrogen and oxygen atoms in total. The Kier molecular flexibility index (Phi) is 4.48. The zero-order valence-electron chi connectivity index (χ0n) is 10.7. The van der Waals surface area contributed by atoms with Gasteiger partial charge in [0.15, 0.2) is 0 Å². The molecule has 0 aliphatic heterocycles. The fourth-order valence-corrected chi connectivity index (χ4v) is 2.70. The Bertz CT molecular complexity index is 551. The molecule has 0 atom stereocenters. The quantitative estimate of drug-likeness (QED) is 0.626. The summed E-state index contributed by atoms with van der Waals surface area (Å²) in [6, 6.07) is 5.57. The van der Waals surface area contributed by atoms with E-state index in [4.69, 9.17) is 9.88 Å². The minimum absolute atomic E-state index is 0.0313. The van der Waals surface area contributed by atoms with Crippen molar-refractivity contribution >= 4 is 15.7 Å². The molecule has 0 amide bonds. The number of primary sulfonamides is 1. The van der Waals surface area contributed by atoms with Crippen LogP contribution in [0.4, 0.5) is 5.69 Å². The van der Waals surface area contributed by atoms with Gasteiger partial charge < -0.3 is 4.74 Å². The molecule has 0 saturated carbocycles. The van der Waals surface area contributed by atoms with E-state index in [0.717, 1.165) is 0 Å². The molecule has 1 aromatic rings. The first-order chi connectivity index (χ1) is 8.59. The molecular formula is C11H16N2O5S. The third-order valence-electron chi connectivity index (χ3n) is 2.27. The highest BCUT2D eigenvalue weighted by molar-refractivity contribution is 7.89. The molecule has 0 aromatic heterocycles. The lowest BCUT2D eigenvalue weighted by atomic mass is 9.98. The van der Waals surface area contributed by atoms with E-state index >= 15 is 0 Å². The van der Waals surface area contributed by atoms with Gasteiger partial charge in [-0.05, 0) is 12.1 Å². The van der Waals surface area contributed by atoms with E-state index in [1.807, 2.05) is 0 Å². The smallest absolute Gasteiger partial charge is 0.269 e. The average Bonchev–Trinajstić information content (AvgIpc) is 2.24. The van der Waals surface area contributed by atoms with Gasteiger partial charge in [0.1, 0.15) is 5.75 Å². The van der Waals surface area contributed by atoms with Crippen LogP contribution in [0.2, 0.25) is 0 Å². The van der Waals surface area contributed by atoms with Gasteiger partial charge in [0.2, 0.25) is 10.0 Å². The molecule has 1 rings (SSSR count). The molecule has 0 spiro atoms. The number of nitrogens with two attached hydrogens (primary N) is 1. The van der Waals surface area contributed by atoms with Gasteiger partial charge in [-0.15, -0.1) is 0 Å². The highest BCUT2D eigenvalue weighted by Crippen LogP contribution is 2.22. The Hall–Kier alpha value is -1.67. The van der Waals surface area contributed by atoms with Crippen LogP contribution >= 0.6 is 0 Å². The van der Waals surface area contributed by atoms with Crippen molar-refractivity contribution in [3.63, 3.8) is 0 Å². The van der Waals surface area contributed by atoms with Crippen LogP contribution in [-0.4, -0.2) is 25.7 Å². The zero-order chi connectivity index (χ0) is 14.7. The number of sulfonamides is 1. The van der Waals surface area contributed by atoms with Gasteiger partial charge in [-0.3, -0.25) is 10.1 Å². The van der Waals surface area contributed by atoms with Gasteiger partial charge in [0.25, 0.3) is 5.69 Å². The molecule has 19 heavy (non-hydrogen) atoms. The molecule has 2 N–H and O–H groups in total. The van der Waals surface area contributed by atoms with Crippen molar-refractivity contribution < 1.29 is 18.1 Å². The fraction of sp³-hybridized carbons (Fsp3) is 0.455. The van der Waals surface area contributed by atoms with Crippen LogP contribution in [0.3, 0.4) is 0 Å². The third-order valence-corrected chi connectivity index (χ3v) is 3.45. The zero-order valence-corrected chi connectivity index (χ0v) is 11.5. The Morgan fingerprint density at radius 1 is 1.32 bits per heavy atom. The van der Waals surface area contributed by atoms with Crippen molar-refractivity contribution in [2.45, 2.75) is 13.8 Å². The minimum atomic E-state index is -3.57. The first kappa shape index (κ1) is 15.4. The highest BCUT2D eigenvalue weighted by atomic mass is 32.2. The topological polar surface area (TPSA) is 113 Å². The van der Waals surface area contributed by atoms with Crippen molar-refractivity contribution in [1.82, 2.24) is 0 Å². The minimum Gasteiger partial charge on any atom is -0.493 e. The summed E-state index contributed by atoms with van der Waals surface area (Å²) < 4.78 is 27.5. The summed E-state index contributed by atoms with van der Waals surface area (Å²) in [5.41, 5.74) is -0.675. The van der Waals surface area contributed by atoms with Crippen LogP contribution < -0.4 is 9.88 Å². The summed E-state index contributed by atoms with van der Waals surface area (Å²) in [5, 5.41) is 15.5. The summed E-state index contributed by atoms with van der Waals surface area (Å²) >= 11 is 0. The van der Waals surface area contributed by atoms with Crippen molar-refractivity contribution in [1.29, 1.82) is 0 Å². The standard InChI is InChI=1S/C11H16N2O5S/c1-11(2,8-19(12,16)17)7-18-10-5-3-9(4-6-10)13(14)15/h3-6H,7-8H2,1-2H3,(H2,12,16,17). The normalized spacial score (nSPS) is 12.2. The largest absolute Gasteiger partial charge is 0.493 e. The van der Waals surface area contributed by atoms with Crippen LogP contribution in [0.15, 0.2) is 24.3 Å². The number of nitrogens with zero attached hydrogens (tertiary/aromatic N) is 1. The maximum Gasteiger partial charge on any atom is 0.269 e. The van der Waals surface area contributed by atoms with Crippen molar-refractivity contribution in [2.24, 2.45) is 10.6 Å². The SMILES string of the molecule is CC(C)(COc1ccc([N+](=O)[O-])cc1)CS(N)(=O)=O. The molecule has 0 aliphatic rings. The molecule has 0 saturated heterocycles. The van der Waals surface area contributed by atoms with Gasteiger partial charge in [0, 0.05) is 17.5 Å². The maximum atomic E-state index is 11.0. The van der Waals surface area contributed by atoms with Gasteiger partial charge in [-0.1, -0.05) is 13.8 Å². The second-order valence-electron chi connectivity index (χ2n) is 5.01. The number of nitro groups is 1. The molecule has 1 aromatic carbocycles. The number of benzene rings is 1. The molecule has 0 fully saturated rings. The third kappa shape index (κ3) is 5.66.